The van der Waals surface area contributed by atoms with Gasteiger partial charge in [0.15, 0.2) is 0 Å². The van der Waals surface area contributed by atoms with Crippen molar-refractivity contribution in [2.24, 2.45) is 5.92 Å². The maximum atomic E-state index is 13.6. The third kappa shape index (κ3) is 9.40. The predicted molar refractivity (Wildman–Crippen MR) is 167 cm³/mol. The van der Waals surface area contributed by atoms with E-state index >= 15 is 0 Å². The zero-order valence-electron chi connectivity index (χ0n) is 27.1. The van der Waals surface area contributed by atoms with Crippen LogP contribution in [0.1, 0.15) is 38.4 Å². The number of Topliss-reactive ketones (excluding diaryl/α,β-unsaturated/α-hetero) is 1. The Labute approximate surface area is 267 Å². The van der Waals surface area contributed by atoms with Crippen LogP contribution in [0.5, 0.6) is 0 Å². The van der Waals surface area contributed by atoms with Gasteiger partial charge < -0.3 is 28.6 Å². The van der Waals surface area contributed by atoms with Crippen LogP contribution in [-0.2, 0) is 54.1 Å². The molecule has 0 fully saturated rings. The molecule has 0 saturated carbocycles. The fourth-order valence-corrected chi connectivity index (χ4v) is 4.55. The van der Waals surface area contributed by atoms with Gasteiger partial charge in [-0.1, -0.05) is 30.4 Å². The maximum absolute atomic E-state index is 13.6. The average molecular weight is 641 g/mol. The summed E-state index contributed by atoms with van der Waals surface area (Å²) >= 11 is 0. The number of aromatic nitrogens is 1. The molecular weight excluding hydrogens is 600 g/mol. The lowest BCUT2D eigenvalue weighted by molar-refractivity contribution is -0.159. The van der Waals surface area contributed by atoms with Crippen molar-refractivity contribution < 1.29 is 52.5 Å². The number of benzene rings is 1. The SMILES string of the molecule is C=CCN(CCc1c(/C=C/CC(C(=O)OC)C(=O)C(=O)OC)n(C(=O)OC(C)(C)C)c2ccccc12)/C(=C/C(=O)OC)C(=O)OC. The minimum atomic E-state index is -1.48. The first kappa shape index (κ1) is 37.0. The van der Waals surface area contributed by atoms with Crippen LogP contribution in [0.3, 0.4) is 0 Å². The summed E-state index contributed by atoms with van der Waals surface area (Å²) in [6, 6.07) is 7.09. The van der Waals surface area contributed by atoms with E-state index in [0.717, 1.165) is 20.3 Å². The lowest BCUT2D eigenvalue weighted by Gasteiger charge is -2.24. The summed E-state index contributed by atoms with van der Waals surface area (Å²) in [6.07, 6.45) is 4.87. The van der Waals surface area contributed by atoms with Gasteiger partial charge in [0.25, 0.3) is 5.78 Å². The van der Waals surface area contributed by atoms with Gasteiger partial charge in [-0.2, -0.15) is 0 Å². The number of esters is 4. The van der Waals surface area contributed by atoms with Crippen LogP contribution < -0.4 is 0 Å². The summed E-state index contributed by atoms with van der Waals surface area (Å²) in [6.45, 7) is 9.23. The van der Waals surface area contributed by atoms with Crippen molar-refractivity contribution in [1.29, 1.82) is 0 Å². The number of nitrogens with zero attached hydrogens (tertiary/aromatic N) is 2. The highest BCUT2D eigenvalue weighted by atomic mass is 16.6. The van der Waals surface area contributed by atoms with Gasteiger partial charge in [-0.15, -0.1) is 6.58 Å². The summed E-state index contributed by atoms with van der Waals surface area (Å²) in [4.78, 5) is 76.8. The Morgan fingerprint density at radius 1 is 0.935 bits per heavy atom. The number of hydrogen-bond donors (Lipinski definition) is 0. The Morgan fingerprint density at radius 2 is 1.59 bits per heavy atom. The molecule has 1 heterocycles. The van der Waals surface area contributed by atoms with Crippen molar-refractivity contribution in [1.82, 2.24) is 9.47 Å². The second kappa shape index (κ2) is 16.8. The highest BCUT2D eigenvalue weighted by Crippen LogP contribution is 2.30. The van der Waals surface area contributed by atoms with E-state index in [0.29, 0.717) is 22.2 Å². The molecule has 13 heteroatoms. The number of para-hydroxylation sites is 1. The van der Waals surface area contributed by atoms with Gasteiger partial charge in [0, 0.05) is 18.5 Å². The molecule has 248 valence electrons. The van der Waals surface area contributed by atoms with Crippen LogP contribution >= 0.6 is 0 Å². The molecule has 13 nitrogen and oxygen atoms in total. The number of rotatable bonds is 14. The molecule has 0 amide bonds. The molecule has 1 atom stereocenters. The van der Waals surface area contributed by atoms with E-state index in [1.165, 1.54) is 24.9 Å². The zero-order chi connectivity index (χ0) is 34.6. The normalized spacial score (nSPS) is 12.3. The molecule has 2 rings (SSSR count). The van der Waals surface area contributed by atoms with Gasteiger partial charge in [-0.3, -0.25) is 9.59 Å². The standard InChI is InChI=1S/C33H40N2O11/c1-9-18-34(26(30(39)44-7)20-27(36)42-5)19-17-22-21-13-10-11-15-24(21)35(32(41)46-33(2,3)4)25(22)16-12-14-23(29(38)43-6)28(37)31(40)45-8/h9-13,15-16,20,23H,1,14,17-19H2,2-8H3/b16-12+,26-20+. The van der Waals surface area contributed by atoms with Crippen LogP contribution in [0.4, 0.5) is 4.79 Å². The topological polar surface area (TPSA) is 157 Å². The minimum absolute atomic E-state index is 0.0653. The second-order valence-electron chi connectivity index (χ2n) is 10.8. The van der Waals surface area contributed by atoms with Crippen molar-refractivity contribution in [3.8, 4) is 0 Å². The summed E-state index contributed by atoms with van der Waals surface area (Å²) in [5.41, 5.74) is 0.601. The maximum Gasteiger partial charge on any atom is 0.419 e. The smallest absolute Gasteiger partial charge is 0.419 e. The van der Waals surface area contributed by atoms with Crippen molar-refractivity contribution in [2.45, 2.75) is 39.2 Å². The molecule has 1 aromatic heterocycles. The predicted octanol–water partition coefficient (Wildman–Crippen LogP) is 3.62. The third-order valence-corrected chi connectivity index (χ3v) is 6.60. The molecule has 1 aromatic carbocycles. The number of ketones is 1. The van der Waals surface area contributed by atoms with Crippen LogP contribution in [0.15, 0.2) is 54.8 Å². The monoisotopic (exact) mass is 640 g/mol. The molecule has 0 N–H and O–H groups in total. The first-order valence-corrected chi connectivity index (χ1v) is 14.2. The van der Waals surface area contributed by atoms with Gasteiger partial charge in [0.2, 0.25) is 0 Å². The second-order valence-corrected chi connectivity index (χ2v) is 10.8. The fraction of sp³-hybridized carbons (Fsp3) is 0.394. The molecule has 0 spiro atoms. The highest BCUT2D eigenvalue weighted by molar-refractivity contribution is 6.37. The largest absolute Gasteiger partial charge is 0.468 e. The third-order valence-electron chi connectivity index (χ3n) is 6.60. The molecule has 0 bridgehead atoms. The van der Waals surface area contributed by atoms with E-state index in [1.54, 1.807) is 56.0 Å². The van der Waals surface area contributed by atoms with E-state index in [-0.39, 0.29) is 31.6 Å². The minimum Gasteiger partial charge on any atom is -0.468 e. The lowest BCUT2D eigenvalue weighted by atomic mass is 9.99. The van der Waals surface area contributed by atoms with Crippen LogP contribution in [0, 0.1) is 5.92 Å². The highest BCUT2D eigenvalue weighted by Gasteiger charge is 2.33. The van der Waals surface area contributed by atoms with Gasteiger partial charge >= 0.3 is 30.0 Å². The molecule has 0 saturated heterocycles. The summed E-state index contributed by atoms with van der Waals surface area (Å²) < 4.78 is 25.9. The summed E-state index contributed by atoms with van der Waals surface area (Å²) in [7, 11) is 4.48. The number of allylic oxidation sites excluding steroid dienone is 1. The Balaban J connectivity index is 2.74. The Morgan fingerprint density at radius 3 is 2.15 bits per heavy atom. The van der Waals surface area contributed by atoms with E-state index in [9.17, 15) is 28.8 Å². The molecule has 0 aliphatic rings. The number of hydrogen-bond acceptors (Lipinski definition) is 12. The Bertz CT molecular complexity index is 1540. The molecule has 0 aliphatic carbocycles. The molecular formula is C33H40N2O11. The number of fused-ring (bicyclic) bond motifs is 1. The molecule has 0 aliphatic heterocycles. The number of carbonyl (C=O) groups excluding carboxylic acids is 6. The van der Waals surface area contributed by atoms with Crippen molar-refractivity contribution in [2.75, 3.05) is 41.5 Å². The van der Waals surface area contributed by atoms with E-state index < -0.39 is 47.3 Å². The van der Waals surface area contributed by atoms with Gasteiger partial charge in [-0.05, 0) is 51.3 Å². The number of carbonyl (C=O) groups is 6. The van der Waals surface area contributed by atoms with Crippen LogP contribution in [0.2, 0.25) is 0 Å². The van der Waals surface area contributed by atoms with E-state index in [1.807, 2.05) is 6.07 Å². The van der Waals surface area contributed by atoms with Gasteiger partial charge in [-0.25, -0.2) is 23.7 Å². The van der Waals surface area contributed by atoms with Gasteiger partial charge in [0.05, 0.1) is 45.7 Å². The first-order valence-electron chi connectivity index (χ1n) is 14.2. The first-order chi connectivity index (χ1) is 21.7. The van der Waals surface area contributed by atoms with Crippen molar-refractivity contribution in [3.63, 3.8) is 0 Å². The van der Waals surface area contributed by atoms with Gasteiger partial charge in [0.1, 0.15) is 17.2 Å². The number of methoxy groups -OCH3 is 4. The molecule has 1 unspecified atom stereocenters. The molecule has 2 aromatic rings. The lowest BCUT2D eigenvalue weighted by Crippen LogP contribution is -2.32. The van der Waals surface area contributed by atoms with E-state index in [4.69, 9.17) is 18.9 Å². The molecule has 0 radical (unpaired) electrons. The van der Waals surface area contributed by atoms with Crippen molar-refractivity contribution >= 4 is 52.7 Å². The quantitative estimate of drug-likeness (QED) is 0.0739. The van der Waals surface area contributed by atoms with Crippen LogP contribution in [-0.4, -0.2) is 92.4 Å². The summed E-state index contributed by atoms with van der Waals surface area (Å²) in [5.74, 6) is -6.23. The summed E-state index contributed by atoms with van der Waals surface area (Å²) in [5, 5.41) is 0.679. The Hall–Kier alpha value is -5.20. The Kier molecular flexibility index (Phi) is 13.5. The zero-order valence-corrected chi connectivity index (χ0v) is 27.1. The average Bonchev–Trinajstić information content (AvgIpc) is 3.34. The fourth-order valence-electron chi connectivity index (χ4n) is 4.55. The van der Waals surface area contributed by atoms with E-state index in [2.05, 4.69) is 11.3 Å². The van der Waals surface area contributed by atoms with Crippen molar-refractivity contribution in [3.05, 3.63) is 66.0 Å². The van der Waals surface area contributed by atoms with Crippen LogP contribution in [0.25, 0.3) is 17.0 Å². The molecule has 46 heavy (non-hydrogen) atoms. The number of ether oxygens (including phenoxy) is 5.